The zero-order chi connectivity index (χ0) is 11.0. The molecule has 0 amide bonds. The number of rotatable bonds is 4. The molecule has 0 aliphatic heterocycles. The van der Waals surface area contributed by atoms with Gasteiger partial charge in [-0.1, -0.05) is 0 Å². The van der Waals surface area contributed by atoms with Gasteiger partial charge in [0.05, 0.1) is 10.7 Å². The Hall–Kier alpha value is -0.940. The first-order valence-corrected chi connectivity index (χ1v) is 5.88. The van der Waals surface area contributed by atoms with E-state index in [1.54, 1.807) is 0 Å². The summed E-state index contributed by atoms with van der Waals surface area (Å²) in [7, 11) is 0. The second-order valence-electron chi connectivity index (χ2n) is 4.08. The molecule has 2 rings (SSSR count). The van der Waals surface area contributed by atoms with Gasteiger partial charge in [0.1, 0.15) is 4.88 Å². The van der Waals surface area contributed by atoms with Crippen LogP contribution in [0.5, 0.6) is 0 Å². The third kappa shape index (κ3) is 2.35. The zero-order valence-electron chi connectivity index (χ0n) is 8.56. The fourth-order valence-electron chi connectivity index (χ4n) is 1.53. The van der Waals surface area contributed by atoms with Gasteiger partial charge in [-0.3, -0.25) is 0 Å². The van der Waals surface area contributed by atoms with Crippen LogP contribution < -0.4 is 5.73 Å². The lowest BCUT2D eigenvalue weighted by atomic mass is 10.2. The molecule has 1 unspecified atom stereocenters. The van der Waals surface area contributed by atoms with Crippen molar-refractivity contribution in [1.29, 1.82) is 0 Å². The molecule has 1 aliphatic carbocycles. The van der Waals surface area contributed by atoms with E-state index in [2.05, 4.69) is 4.98 Å². The van der Waals surface area contributed by atoms with Gasteiger partial charge in [-0.2, -0.15) is 0 Å². The number of carboxylic acid groups (broad SMARTS) is 1. The van der Waals surface area contributed by atoms with Crippen molar-refractivity contribution >= 4 is 17.3 Å². The van der Waals surface area contributed by atoms with Crippen molar-refractivity contribution in [3.8, 4) is 0 Å². The largest absolute Gasteiger partial charge is 0.477 e. The van der Waals surface area contributed by atoms with E-state index in [4.69, 9.17) is 10.8 Å². The van der Waals surface area contributed by atoms with E-state index in [0.717, 1.165) is 23.5 Å². The minimum Gasteiger partial charge on any atom is -0.477 e. The molecule has 0 bridgehead atoms. The average Bonchev–Trinajstić information content (AvgIpc) is 2.87. The molecule has 3 N–H and O–H groups in total. The van der Waals surface area contributed by atoms with Gasteiger partial charge in [0, 0.05) is 18.4 Å². The van der Waals surface area contributed by atoms with Crippen LogP contribution in [0.3, 0.4) is 0 Å². The first-order chi connectivity index (χ1) is 7.08. The van der Waals surface area contributed by atoms with E-state index in [1.807, 2.05) is 6.92 Å². The molecular weight excluding hydrogens is 212 g/mol. The molecule has 5 heteroatoms. The molecule has 1 aromatic rings. The second-order valence-corrected chi connectivity index (χ2v) is 5.17. The van der Waals surface area contributed by atoms with Crippen molar-refractivity contribution in [3.05, 3.63) is 15.6 Å². The Labute approximate surface area is 92.1 Å². The Bertz CT molecular complexity index is 383. The Morgan fingerprint density at radius 2 is 2.40 bits per heavy atom. The lowest BCUT2D eigenvalue weighted by Crippen LogP contribution is -2.17. The van der Waals surface area contributed by atoms with Crippen LogP contribution >= 0.6 is 11.3 Å². The van der Waals surface area contributed by atoms with Crippen LogP contribution in [0.15, 0.2) is 0 Å². The van der Waals surface area contributed by atoms with Gasteiger partial charge in [0.25, 0.3) is 0 Å². The predicted molar refractivity (Wildman–Crippen MR) is 58.4 cm³/mol. The van der Waals surface area contributed by atoms with Crippen LogP contribution in [-0.2, 0) is 6.42 Å². The Kier molecular flexibility index (Phi) is 2.75. The molecule has 1 atom stereocenters. The molecule has 1 aromatic heterocycles. The SMILES string of the molecule is CC(N)Cc1nc(C2CC2)c(C(=O)O)s1. The highest BCUT2D eigenvalue weighted by Gasteiger charge is 2.31. The standard InChI is InChI=1S/C10H14N2O2S/c1-5(11)4-7-12-8(6-2-3-6)9(15-7)10(13)14/h5-6H,2-4,11H2,1H3,(H,13,14). The van der Waals surface area contributed by atoms with Gasteiger partial charge >= 0.3 is 5.97 Å². The second kappa shape index (κ2) is 3.90. The summed E-state index contributed by atoms with van der Waals surface area (Å²) in [6.07, 6.45) is 2.81. The van der Waals surface area contributed by atoms with Crippen molar-refractivity contribution < 1.29 is 9.90 Å². The topological polar surface area (TPSA) is 76.2 Å². The monoisotopic (exact) mass is 226 g/mol. The molecule has 0 spiro atoms. The first-order valence-electron chi connectivity index (χ1n) is 5.06. The van der Waals surface area contributed by atoms with Gasteiger partial charge < -0.3 is 10.8 Å². The average molecular weight is 226 g/mol. The third-order valence-electron chi connectivity index (χ3n) is 2.35. The maximum Gasteiger partial charge on any atom is 0.347 e. The van der Waals surface area contributed by atoms with Crippen molar-refractivity contribution in [1.82, 2.24) is 4.98 Å². The Morgan fingerprint density at radius 3 is 2.87 bits per heavy atom. The zero-order valence-corrected chi connectivity index (χ0v) is 9.38. The molecule has 82 valence electrons. The number of aromatic carboxylic acids is 1. The van der Waals surface area contributed by atoms with Crippen LogP contribution in [0, 0.1) is 0 Å². The number of nitrogens with two attached hydrogens (primary N) is 1. The number of carboxylic acids is 1. The van der Waals surface area contributed by atoms with E-state index >= 15 is 0 Å². The Balaban J connectivity index is 2.27. The maximum absolute atomic E-state index is 11.0. The smallest absolute Gasteiger partial charge is 0.347 e. The van der Waals surface area contributed by atoms with Gasteiger partial charge in [0.15, 0.2) is 0 Å². The summed E-state index contributed by atoms with van der Waals surface area (Å²) in [5, 5.41) is 9.88. The summed E-state index contributed by atoms with van der Waals surface area (Å²) in [5.74, 6) is -0.473. The van der Waals surface area contributed by atoms with E-state index in [9.17, 15) is 4.79 Å². The molecule has 1 heterocycles. The number of aromatic nitrogens is 1. The number of nitrogens with zero attached hydrogens (tertiary/aromatic N) is 1. The van der Waals surface area contributed by atoms with Crippen LogP contribution in [0.4, 0.5) is 0 Å². The molecule has 1 saturated carbocycles. The van der Waals surface area contributed by atoms with Gasteiger partial charge in [0.2, 0.25) is 0 Å². The lowest BCUT2D eigenvalue weighted by Gasteiger charge is -1.98. The maximum atomic E-state index is 11.0. The molecule has 4 nitrogen and oxygen atoms in total. The van der Waals surface area contributed by atoms with Crippen LogP contribution in [0.1, 0.15) is 46.1 Å². The van der Waals surface area contributed by atoms with E-state index < -0.39 is 5.97 Å². The highest BCUT2D eigenvalue weighted by molar-refractivity contribution is 7.13. The van der Waals surface area contributed by atoms with Gasteiger partial charge in [-0.15, -0.1) is 11.3 Å². The van der Waals surface area contributed by atoms with E-state index in [1.165, 1.54) is 11.3 Å². The molecule has 1 fully saturated rings. The normalized spacial score (nSPS) is 17.7. The fraction of sp³-hybridized carbons (Fsp3) is 0.600. The van der Waals surface area contributed by atoms with Crippen LogP contribution in [0.2, 0.25) is 0 Å². The molecule has 0 aromatic carbocycles. The predicted octanol–water partition coefficient (Wildman–Crippen LogP) is 1.61. The van der Waals surface area contributed by atoms with Gasteiger partial charge in [-0.05, 0) is 19.8 Å². The number of hydrogen-bond donors (Lipinski definition) is 2. The summed E-state index contributed by atoms with van der Waals surface area (Å²) in [5.41, 5.74) is 6.45. The number of hydrogen-bond acceptors (Lipinski definition) is 4. The van der Waals surface area contributed by atoms with Crippen molar-refractivity contribution in [2.75, 3.05) is 0 Å². The van der Waals surface area contributed by atoms with Crippen molar-refractivity contribution in [2.45, 2.75) is 38.1 Å². The Morgan fingerprint density at radius 1 is 1.73 bits per heavy atom. The van der Waals surface area contributed by atoms with Crippen molar-refractivity contribution in [3.63, 3.8) is 0 Å². The third-order valence-corrected chi connectivity index (χ3v) is 3.43. The van der Waals surface area contributed by atoms with E-state index in [0.29, 0.717) is 17.2 Å². The van der Waals surface area contributed by atoms with Crippen LogP contribution in [0.25, 0.3) is 0 Å². The molecule has 1 aliphatic rings. The molecular formula is C10H14N2O2S. The molecule has 0 radical (unpaired) electrons. The minimum absolute atomic E-state index is 0.0323. The lowest BCUT2D eigenvalue weighted by molar-refractivity contribution is 0.0700. The summed E-state index contributed by atoms with van der Waals surface area (Å²) >= 11 is 1.27. The quantitative estimate of drug-likeness (QED) is 0.817. The summed E-state index contributed by atoms with van der Waals surface area (Å²) in [4.78, 5) is 15.8. The minimum atomic E-state index is -0.856. The summed E-state index contributed by atoms with van der Waals surface area (Å²) < 4.78 is 0. The number of carbonyl (C=O) groups is 1. The summed E-state index contributed by atoms with van der Waals surface area (Å²) in [6, 6.07) is 0.0323. The first kappa shape index (κ1) is 10.6. The molecule has 0 saturated heterocycles. The van der Waals surface area contributed by atoms with Crippen molar-refractivity contribution in [2.24, 2.45) is 5.73 Å². The highest BCUT2D eigenvalue weighted by atomic mass is 32.1. The highest BCUT2D eigenvalue weighted by Crippen LogP contribution is 2.42. The van der Waals surface area contributed by atoms with E-state index in [-0.39, 0.29) is 6.04 Å². The summed E-state index contributed by atoms with van der Waals surface area (Å²) in [6.45, 7) is 1.90. The van der Waals surface area contributed by atoms with Gasteiger partial charge in [-0.25, -0.2) is 9.78 Å². The van der Waals surface area contributed by atoms with Crippen LogP contribution in [-0.4, -0.2) is 22.1 Å². The number of thiazole rings is 1. The molecule has 15 heavy (non-hydrogen) atoms. The fourth-order valence-corrected chi connectivity index (χ4v) is 2.66.